The summed E-state index contributed by atoms with van der Waals surface area (Å²) in [5.74, 6) is 0.374. The van der Waals surface area contributed by atoms with E-state index >= 15 is 0 Å². The number of aliphatic hydroxyl groups is 2. The second-order valence-corrected chi connectivity index (χ2v) is 7.18. The Labute approximate surface area is 164 Å². The largest absolute Gasteiger partial charge is 0.497 e. The number of hydrogen-bond acceptors (Lipinski definition) is 4. The van der Waals surface area contributed by atoms with Gasteiger partial charge in [0.25, 0.3) is 5.91 Å². The fourth-order valence-electron chi connectivity index (χ4n) is 3.12. The quantitative estimate of drug-likeness (QED) is 0.401. The number of aliphatic hydroxyl groups excluding tert-OH is 2. The molecule has 1 amide bonds. The van der Waals surface area contributed by atoms with Gasteiger partial charge in [-0.2, -0.15) is 0 Å². The lowest BCUT2D eigenvalue weighted by Crippen LogP contribution is -2.45. The first-order chi connectivity index (χ1) is 13.1. The monoisotopic (exact) mass is 379 g/mol. The second-order valence-electron chi connectivity index (χ2n) is 7.18. The van der Waals surface area contributed by atoms with Crippen LogP contribution < -0.4 is 10.1 Å². The van der Waals surface area contributed by atoms with Crippen molar-refractivity contribution in [3.05, 3.63) is 29.8 Å². The summed E-state index contributed by atoms with van der Waals surface area (Å²) in [6, 6.07) is 6.10. The van der Waals surface area contributed by atoms with Gasteiger partial charge in [-0.3, -0.25) is 4.79 Å². The second kappa shape index (κ2) is 14.5. The summed E-state index contributed by atoms with van der Waals surface area (Å²) in [6.07, 6.45) is 10.8. The first-order valence-electron chi connectivity index (χ1n) is 10.4. The van der Waals surface area contributed by atoms with Crippen LogP contribution >= 0.6 is 0 Å². The van der Waals surface area contributed by atoms with Crippen LogP contribution in [0.15, 0.2) is 24.3 Å². The predicted octanol–water partition coefficient (Wildman–Crippen LogP) is 4.07. The van der Waals surface area contributed by atoms with E-state index in [1.807, 2.05) is 0 Å². The maximum atomic E-state index is 12.3. The van der Waals surface area contributed by atoms with E-state index in [9.17, 15) is 15.0 Å². The summed E-state index contributed by atoms with van der Waals surface area (Å²) < 4.78 is 5.07. The summed E-state index contributed by atoms with van der Waals surface area (Å²) >= 11 is 0. The lowest BCUT2D eigenvalue weighted by molar-refractivity contribution is 0.0661. The van der Waals surface area contributed by atoms with Crippen molar-refractivity contribution in [1.82, 2.24) is 5.32 Å². The van der Waals surface area contributed by atoms with Gasteiger partial charge in [0.15, 0.2) is 0 Å². The molecule has 1 aromatic rings. The number of rotatable bonds is 15. The van der Waals surface area contributed by atoms with Crippen molar-refractivity contribution in [3.8, 4) is 5.75 Å². The average molecular weight is 380 g/mol. The van der Waals surface area contributed by atoms with Crippen molar-refractivity contribution < 1.29 is 19.7 Å². The predicted molar refractivity (Wildman–Crippen MR) is 109 cm³/mol. The van der Waals surface area contributed by atoms with Crippen LogP contribution in [0.4, 0.5) is 0 Å². The van der Waals surface area contributed by atoms with Crippen LogP contribution in [0.3, 0.4) is 0 Å². The van der Waals surface area contributed by atoms with Gasteiger partial charge < -0.3 is 20.3 Å². The number of benzene rings is 1. The van der Waals surface area contributed by atoms with Crippen LogP contribution in [0.25, 0.3) is 0 Å². The van der Waals surface area contributed by atoms with Crippen LogP contribution in [-0.4, -0.2) is 42.0 Å². The van der Waals surface area contributed by atoms with Crippen molar-refractivity contribution >= 4 is 5.91 Å². The van der Waals surface area contributed by atoms with Gasteiger partial charge in [-0.25, -0.2) is 0 Å². The zero-order valence-electron chi connectivity index (χ0n) is 17.0. The summed E-state index contributed by atoms with van der Waals surface area (Å²) in [6.45, 7) is 1.95. The fraction of sp³-hybridized carbons (Fsp3) is 0.682. The Morgan fingerprint density at radius 1 is 1.00 bits per heavy atom. The summed E-state index contributed by atoms with van der Waals surface area (Å²) in [5, 5.41) is 22.5. The van der Waals surface area contributed by atoms with Crippen molar-refractivity contribution in [1.29, 1.82) is 0 Å². The number of ether oxygens (including phenoxy) is 1. The van der Waals surface area contributed by atoms with Crippen LogP contribution in [0.1, 0.15) is 81.5 Å². The van der Waals surface area contributed by atoms with Gasteiger partial charge in [0, 0.05) is 5.56 Å². The highest BCUT2D eigenvalue weighted by Crippen LogP contribution is 2.14. The number of carbonyl (C=O) groups is 1. The molecule has 1 rings (SSSR count). The molecule has 0 aliphatic rings. The van der Waals surface area contributed by atoms with Gasteiger partial charge in [0.05, 0.1) is 25.9 Å². The molecule has 5 heteroatoms. The third-order valence-electron chi connectivity index (χ3n) is 4.93. The molecule has 0 saturated heterocycles. The van der Waals surface area contributed by atoms with Crippen molar-refractivity contribution in [2.45, 2.75) is 83.3 Å². The van der Waals surface area contributed by atoms with E-state index in [4.69, 9.17) is 4.74 Å². The zero-order chi connectivity index (χ0) is 19.9. The van der Waals surface area contributed by atoms with Crippen LogP contribution in [0, 0.1) is 0 Å². The van der Waals surface area contributed by atoms with Crippen LogP contribution in [-0.2, 0) is 0 Å². The molecule has 0 aliphatic heterocycles. The minimum Gasteiger partial charge on any atom is -0.497 e. The summed E-state index contributed by atoms with van der Waals surface area (Å²) in [4.78, 5) is 12.3. The number of methoxy groups -OCH3 is 1. The van der Waals surface area contributed by atoms with E-state index in [0.29, 0.717) is 17.7 Å². The summed E-state index contributed by atoms with van der Waals surface area (Å²) in [7, 11) is 1.57. The van der Waals surface area contributed by atoms with E-state index in [0.717, 1.165) is 12.8 Å². The number of nitrogens with one attached hydrogen (secondary N) is 1. The Kier molecular flexibility index (Phi) is 12.6. The molecule has 2 unspecified atom stereocenters. The average Bonchev–Trinajstić information content (AvgIpc) is 2.70. The van der Waals surface area contributed by atoms with Crippen molar-refractivity contribution in [2.75, 3.05) is 13.7 Å². The Hall–Kier alpha value is -1.59. The lowest BCUT2D eigenvalue weighted by atomic mass is 10.0. The molecule has 0 saturated carbocycles. The van der Waals surface area contributed by atoms with Crippen LogP contribution in [0.5, 0.6) is 5.75 Å². The fourth-order valence-corrected chi connectivity index (χ4v) is 3.12. The molecule has 3 N–H and O–H groups in total. The first-order valence-corrected chi connectivity index (χ1v) is 10.4. The molecule has 0 heterocycles. The highest BCUT2D eigenvalue weighted by molar-refractivity contribution is 5.94. The third-order valence-corrected chi connectivity index (χ3v) is 4.93. The minimum absolute atomic E-state index is 0.277. The Morgan fingerprint density at radius 2 is 1.56 bits per heavy atom. The van der Waals surface area contributed by atoms with Crippen molar-refractivity contribution in [2.24, 2.45) is 0 Å². The van der Waals surface area contributed by atoms with E-state index < -0.39 is 12.1 Å². The van der Waals surface area contributed by atoms with E-state index in [1.165, 1.54) is 44.9 Å². The highest BCUT2D eigenvalue weighted by Gasteiger charge is 2.20. The van der Waals surface area contributed by atoms with E-state index in [1.54, 1.807) is 31.4 Å². The van der Waals surface area contributed by atoms with Crippen molar-refractivity contribution in [3.63, 3.8) is 0 Å². The van der Waals surface area contributed by atoms with Gasteiger partial charge in [-0.05, 0) is 30.7 Å². The normalized spacial score (nSPS) is 13.2. The first kappa shape index (κ1) is 23.4. The number of carbonyl (C=O) groups excluding carboxylic acids is 1. The topological polar surface area (TPSA) is 78.8 Å². The summed E-state index contributed by atoms with van der Waals surface area (Å²) in [5.41, 5.74) is 0.476. The molecule has 27 heavy (non-hydrogen) atoms. The lowest BCUT2D eigenvalue weighted by Gasteiger charge is -2.22. The van der Waals surface area contributed by atoms with E-state index in [2.05, 4.69) is 12.2 Å². The van der Waals surface area contributed by atoms with E-state index in [-0.39, 0.29) is 12.5 Å². The van der Waals surface area contributed by atoms with Gasteiger partial charge in [0.2, 0.25) is 0 Å². The van der Waals surface area contributed by atoms with Gasteiger partial charge in [-0.1, -0.05) is 64.7 Å². The maximum absolute atomic E-state index is 12.3. The van der Waals surface area contributed by atoms with Gasteiger partial charge in [-0.15, -0.1) is 0 Å². The highest BCUT2D eigenvalue weighted by atomic mass is 16.5. The molecule has 0 aromatic heterocycles. The molecular weight excluding hydrogens is 342 g/mol. The smallest absolute Gasteiger partial charge is 0.251 e. The number of unbranched alkanes of at least 4 members (excludes halogenated alkanes) is 8. The third kappa shape index (κ3) is 9.78. The molecule has 0 spiro atoms. The van der Waals surface area contributed by atoms with Crippen LogP contribution in [0.2, 0.25) is 0 Å². The number of amides is 1. The SMILES string of the molecule is CCCCCCCCCCCC(O)C(CO)NC(=O)c1ccc(OC)cc1. The minimum atomic E-state index is -0.734. The zero-order valence-corrected chi connectivity index (χ0v) is 17.0. The Balaban J connectivity index is 2.24. The molecule has 5 nitrogen and oxygen atoms in total. The number of hydrogen-bond donors (Lipinski definition) is 3. The standard InChI is InChI=1S/C22H37NO4/c1-3-4-5-6-7-8-9-10-11-12-21(25)20(17-24)23-22(26)18-13-15-19(27-2)16-14-18/h13-16,20-21,24-25H,3-12,17H2,1-2H3,(H,23,26). The Bertz CT molecular complexity index is 504. The molecule has 0 radical (unpaired) electrons. The Morgan fingerprint density at radius 3 is 2.07 bits per heavy atom. The van der Waals surface area contributed by atoms with Gasteiger partial charge >= 0.3 is 0 Å². The molecule has 0 bridgehead atoms. The molecule has 2 atom stereocenters. The molecule has 0 fully saturated rings. The molecular formula is C22H37NO4. The maximum Gasteiger partial charge on any atom is 0.251 e. The van der Waals surface area contributed by atoms with Gasteiger partial charge in [0.1, 0.15) is 5.75 Å². The molecule has 1 aromatic carbocycles. The molecule has 0 aliphatic carbocycles. The molecule has 154 valence electrons.